The van der Waals surface area contributed by atoms with E-state index in [4.69, 9.17) is 16.3 Å². The van der Waals surface area contributed by atoms with Crippen LogP contribution in [0.25, 0.3) is 5.70 Å². The second-order valence-electron chi connectivity index (χ2n) is 5.16. The van der Waals surface area contributed by atoms with Crippen LogP contribution in [0.2, 0.25) is 0 Å². The predicted octanol–water partition coefficient (Wildman–Crippen LogP) is 4.14. The van der Waals surface area contributed by atoms with Crippen LogP contribution in [0.4, 0.5) is 8.78 Å². The molecule has 23 heavy (non-hydrogen) atoms. The second-order valence-corrected chi connectivity index (χ2v) is 6.50. The number of rotatable bonds is 6. The van der Waals surface area contributed by atoms with Crippen LogP contribution in [0.1, 0.15) is 17.5 Å². The number of carbonyl (C=O) groups is 1. The molecule has 1 amide bonds. The fourth-order valence-electron chi connectivity index (χ4n) is 2.44. The van der Waals surface area contributed by atoms with Crippen molar-refractivity contribution in [1.82, 2.24) is 4.90 Å². The third kappa shape index (κ3) is 4.38. The minimum atomic E-state index is -2.62. The first-order valence-corrected chi connectivity index (χ1v) is 8.93. The van der Waals surface area contributed by atoms with Crippen molar-refractivity contribution < 1.29 is 18.3 Å². The lowest BCUT2D eigenvalue weighted by Crippen LogP contribution is -2.41. The summed E-state index contributed by atoms with van der Waals surface area (Å²) in [6.07, 6.45) is 1.39. The quantitative estimate of drug-likeness (QED) is 0.563. The third-order valence-electron chi connectivity index (χ3n) is 3.48. The molecule has 0 saturated heterocycles. The van der Waals surface area contributed by atoms with Gasteiger partial charge in [0.15, 0.2) is 0 Å². The number of alkyl halides is 3. The first-order valence-electron chi connectivity index (χ1n) is 7.10. The fourth-order valence-corrected chi connectivity index (χ4v) is 2.90. The second kappa shape index (κ2) is 8.02. The summed E-state index contributed by atoms with van der Waals surface area (Å²) in [5, 5.41) is -0.790. The van der Waals surface area contributed by atoms with E-state index in [1.165, 1.54) is 0 Å². The molecular formula is C16H18ClF2NO2S. The summed E-state index contributed by atoms with van der Waals surface area (Å²) < 4.78 is 31.2. The van der Waals surface area contributed by atoms with Crippen LogP contribution >= 0.6 is 23.4 Å². The Morgan fingerprint density at radius 3 is 2.83 bits per heavy atom. The van der Waals surface area contributed by atoms with Gasteiger partial charge in [-0.05, 0) is 43.4 Å². The number of thioether (sulfide) groups is 1. The molecule has 3 nitrogen and oxygen atoms in total. The highest BCUT2D eigenvalue weighted by Crippen LogP contribution is 2.32. The molecular weight excluding hydrogens is 344 g/mol. The van der Waals surface area contributed by atoms with Crippen molar-refractivity contribution in [3.63, 3.8) is 0 Å². The lowest BCUT2D eigenvalue weighted by molar-refractivity contribution is -0.129. The maximum atomic E-state index is 12.8. The minimum absolute atomic E-state index is 0.333. The highest BCUT2D eigenvalue weighted by molar-refractivity contribution is 7.98. The molecule has 0 aromatic heterocycles. The van der Waals surface area contributed by atoms with Crippen molar-refractivity contribution in [3.05, 3.63) is 35.4 Å². The Kier molecular flexibility index (Phi) is 6.30. The molecule has 1 atom stereocenters. The molecule has 1 aromatic rings. The number of benzene rings is 1. The van der Waals surface area contributed by atoms with E-state index in [0.717, 1.165) is 16.0 Å². The molecule has 0 fully saturated rings. The van der Waals surface area contributed by atoms with Crippen molar-refractivity contribution >= 4 is 35.0 Å². The summed E-state index contributed by atoms with van der Waals surface area (Å²) in [5.41, 5.74) is 2.08. The molecule has 7 heteroatoms. The minimum Gasteiger partial charge on any atom is -0.483 e. The Bertz CT molecular complexity index is 610. The van der Waals surface area contributed by atoms with Crippen molar-refractivity contribution in [3.8, 4) is 5.75 Å². The fraction of sp³-hybridized carbons (Fsp3) is 0.438. The number of aryl methyl sites for hydroxylation is 1. The Morgan fingerprint density at radius 1 is 1.48 bits per heavy atom. The number of nitrogens with zero attached hydrogens (tertiary/aromatic N) is 1. The number of amides is 1. The monoisotopic (exact) mass is 361 g/mol. The van der Waals surface area contributed by atoms with Crippen LogP contribution < -0.4 is 4.74 Å². The number of ether oxygens (including phenoxy) is 1. The standard InChI is InChI=1S/C16H18ClF2NO2S/c1-10-7-11(22-9-23-2)3-4-12(10)14-6-5-13(17)16(21)20(14)8-15(18)19/h3-4,6-7,13,15H,5,8-9H2,1-2H3. The molecule has 0 bridgehead atoms. The van der Waals surface area contributed by atoms with Gasteiger partial charge in [-0.3, -0.25) is 4.79 Å². The van der Waals surface area contributed by atoms with Gasteiger partial charge in [-0.25, -0.2) is 8.78 Å². The van der Waals surface area contributed by atoms with Gasteiger partial charge >= 0.3 is 0 Å². The zero-order valence-corrected chi connectivity index (χ0v) is 14.5. The van der Waals surface area contributed by atoms with Gasteiger partial charge in [0.25, 0.3) is 6.43 Å². The highest BCUT2D eigenvalue weighted by atomic mass is 35.5. The molecule has 1 heterocycles. The molecule has 2 rings (SSSR count). The number of carbonyl (C=O) groups excluding carboxylic acids is 1. The summed E-state index contributed by atoms with van der Waals surface area (Å²) in [7, 11) is 0. The molecule has 0 saturated carbocycles. The normalized spacial score (nSPS) is 18.3. The summed E-state index contributed by atoms with van der Waals surface area (Å²) >= 11 is 7.48. The SMILES string of the molecule is CSCOc1ccc(C2=CCC(Cl)C(=O)N2CC(F)F)c(C)c1. The van der Waals surface area contributed by atoms with Crippen molar-refractivity contribution in [2.45, 2.75) is 25.1 Å². The van der Waals surface area contributed by atoms with E-state index in [1.807, 2.05) is 19.2 Å². The molecule has 1 aliphatic rings. The number of hydrogen-bond donors (Lipinski definition) is 0. The molecule has 0 aliphatic carbocycles. The van der Waals surface area contributed by atoms with Crippen molar-refractivity contribution in [2.75, 3.05) is 18.7 Å². The third-order valence-corrected chi connectivity index (χ3v) is 4.20. The lowest BCUT2D eigenvalue weighted by atomic mass is 9.99. The molecule has 1 unspecified atom stereocenters. The summed E-state index contributed by atoms with van der Waals surface area (Å²) in [4.78, 5) is 13.2. The van der Waals surface area contributed by atoms with Gasteiger partial charge in [0.05, 0.1) is 6.54 Å². The van der Waals surface area contributed by atoms with Crippen molar-refractivity contribution in [2.24, 2.45) is 0 Å². The van der Waals surface area contributed by atoms with Crippen LogP contribution in [0.5, 0.6) is 5.75 Å². The van der Waals surface area contributed by atoms with Gasteiger partial charge in [0.2, 0.25) is 5.91 Å². The van der Waals surface area contributed by atoms with E-state index in [9.17, 15) is 13.6 Å². The smallest absolute Gasteiger partial charge is 0.256 e. The maximum Gasteiger partial charge on any atom is 0.256 e. The zero-order valence-electron chi connectivity index (χ0n) is 12.9. The van der Waals surface area contributed by atoms with Gasteiger partial charge in [-0.15, -0.1) is 23.4 Å². The van der Waals surface area contributed by atoms with Crippen LogP contribution in [-0.2, 0) is 4.79 Å². The van der Waals surface area contributed by atoms with Crippen molar-refractivity contribution in [1.29, 1.82) is 0 Å². The van der Waals surface area contributed by atoms with E-state index in [1.54, 1.807) is 30.0 Å². The van der Waals surface area contributed by atoms with Gasteiger partial charge < -0.3 is 9.64 Å². The first-order chi connectivity index (χ1) is 10.9. The lowest BCUT2D eigenvalue weighted by Gasteiger charge is -2.31. The Labute approximate surface area is 143 Å². The largest absolute Gasteiger partial charge is 0.483 e. The number of hydrogen-bond acceptors (Lipinski definition) is 3. The average molecular weight is 362 g/mol. The first kappa shape index (κ1) is 18.1. The Balaban J connectivity index is 2.32. The van der Waals surface area contributed by atoms with E-state index in [-0.39, 0.29) is 0 Å². The molecule has 1 aliphatic heterocycles. The zero-order chi connectivity index (χ0) is 17.0. The topological polar surface area (TPSA) is 29.5 Å². The van der Waals surface area contributed by atoms with E-state index in [0.29, 0.717) is 23.8 Å². The van der Waals surface area contributed by atoms with Crippen LogP contribution in [0, 0.1) is 6.92 Å². The summed E-state index contributed by atoms with van der Waals surface area (Å²) in [6, 6.07) is 5.40. The highest BCUT2D eigenvalue weighted by Gasteiger charge is 2.32. The molecule has 126 valence electrons. The molecule has 0 spiro atoms. The van der Waals surface area contributed by atoms with E-state index >= 15 is 0 Å². The average Bonchev–Trinajstić information content (AvgIpc) is 2.50. The van der Waals surface area contributed by atoms with Gasteiger partial charge in [-0.1, -0.05) is 6.08 Å². The van der Waals surface area contributed by atoms with Crippen LogP contribution in [0.3, 0.4) is 0 Å². The molecule has 1 aromatic carbocycles. The number of halogens is 3. The van der Waals surface area contributed by atoms with Crippen LogP contribution in [0.15, 0.2) is 24.3 Å². The van der Waals surface area contributed by atoms with E-state index < -0.39 is 24.3 Å². The Hall–Kier alpha value is -1.27. The van der Waals surface area contributed by atoms with E-state index in [2.05, 4.69) is 0 Å². The van der Waals surface area contributed by atoms with Gasteiger partial charge in [-0.2, -0.15) is 0 Å². The summed E-state index contributed by atoms with van der Waals surface area (Å²) in [5.74, 6) is 0.760. The maximum absolute atomic E-state index is 12.8. The number of allylic oxidation sites excluding steroid dienone is 1. The van der Waals surface area contributed by atoms with Gasteiger partial charge in [0.1, 0.15) is 17.1 Å². The van der Waals surface area contributed by atoms with Crippen LogP contribution in [-0.4, -0.2) is 41.3 Å². The predicted molar refractivity (Wildman–Crippen MR) is 90.1 cm³/mol. The summed E-state index contributed by atoms with van der Waals surface area (Å²) in [6.45, 7) is 1.21. The Morgan fingerprint density at radius 2 is 2.22 bits per heavy atom. The molecule has 0 radical (unpaired) electrons. The van der Waals surface area contributed by atoms with Gasteiger partial charge in [0, 0.05) is 11.3 Å². The molecule has 0 N–H and O–H groups in total.